The summed E-state index contributed by atoms with van der Waals surface area (Å²) in [4.78, 5) is 18.6. The van der Waals surface area contributed by atoms with Crippen molar-refractivity contribution in [2.24, 2.45) is 0 Å². The largest absolute Gasteiger partial charge is 0.471 e. The zero-order chi connectivity index (χ0) is 16.3. The van der Waals surface area contributed by atoms with Crippen molar-refractivity contribution in [3.05, 3.63) is 59.6 Å². The summed E-state index contributed by atoms with van der Waals surface area (Å²) < 4.78 is 36.7. The lowest BCUT2D eigenvalue weighted by atomic mass is 10.0. The van der Waals surface area contributed by atoms with E-state index in [0.29, 0.717) is 16.8 Å². The molecular formula is C14H9ClF3N3O. The standard InChI is InChI=1S/C14H9ClF3N3O/c1-8(11-5-6-19-13(15)21-11)9-3-2-4-10(7-9)20-12(22)14(16,17)18/h2-7H,1H2,(H,20,22). The van der Waals surface area contributed by atoms with Crippen molar-refractivity contribution in [2.75, 3.05) is 5.32 Å². The number of anilines is 1. The van der Waals surface area contributed by atoms with Gasteiger partial charge in [0.15, 0.2) is 0 Å². The van der Waals surface area contributed by atoms with Gasteiger partial charge in [-0.3, -0.25) is 4.79 Å². The predicted molar refractivity (Wildman–Crippen MR) is 76.3 cm³/mol. The molecule has 1 aromatic heterocycles. The average Bonchev–Trinajstić information content (AvgIpc) is 2.46. The second-order valence-electron chi connectivity index (χ2n) is 4.22. The molecule has 114 valence electrons. The molecule has 0 atom stereocenters. The van der Waals surface area contributed by atoms with Crippen molar-refractivity contribution in [3.63, 3.8) is 0 Å². The van der Waals surface area contributed by atoms with E-state index in [1.54, 1.807) is 17.4 Å². The molecular weight excluding hydrogens is 319 g/mol. The van der Waals surface area contributed by atoms with Crippen LogP contribution in [0, 0.1) is 0 Å². The molecule has 0 radical (unpaired) electrons. The molecule has 0 aliphatic rings. The van der Waals surface area contributed by atoms with Crippen LogP contribution in [0.25, 0.3) is 5.57 Å². The summed E-state index contributed by atoms with van der Waals surface area (Å²) in [6.45, 7) is 3.82. The van der Waals surface area contributed by atoms with Gasteiger partial charge in [0.25, 0.3) is 0 Å². The molecule has 0 fully saturated rings. The third-order valence-corrected chi connectivity index (χ3v) is 2.84. The maximum Gasteiger partial charge on any atom is 0.471 e. The Labute approximate surface area is 128 Å². The van der Waals surface area contributed by atoms with Gasteiger partial charge in [0.05, 0.1) is 5.69 Å². The summed E-state index contributed by atoms with van der Waals surface area (Å²) in [5, 5.41) is 1.80. The Morgan fingerprint density at radius 3 is 2.64 bits per heavy atom. The normalized spacial score (nSPS) is 11.1. The lowest BCUT2D eigenvalue weighted by molar-refractivity contribution is -0.167. The van der Waals surface area contributed by atoms with Crippen LogP contribution < -0.4 is 5.32 Å². The second kappa shape index (κ2) is 6.15. The van der Waals surface area contributed by atoms with Crippen molar-refractivity contribution in [3.8, 4) is 0 Å². The molecule has 4 nitrogen and oxygen atoms in total. The van der Waals surface area contributed by atoms with Crippen molar-refractivity contribution in [1.29, 1.82) is 0 Å². The lowest BCUT2D eigenvalue weighted by Crippen LogP contribution is -2.29. The lowest BCUT2D eigenvalue weighted by Gasteiger charge is -2.10. The average molecular weight is 328 g/mol. The fourth-order valence-corrected chi connectivity index (χ4v) is 1.78. The van der Waals surface area contributed by atoms with Gasteiger partial charge in [-0.25, -0.2) is 9.97 Å². The van der Waals surface area contributed by atoms with Crippen molar-refractivity contribution < 1.29 is 18.0 Å². The summed E-state index contributed by atoms with van der Waals surface area (Å²) in [6.07, 6.45) is -3.52. The van der Waals surface area contributed by atoms with Gasteiger partial charge < -0.3 is 5.32 Å². The highest BCUT2D eigenvalue weighted by atomic mass is 35.5. The van der Waals surface area contributed by atoms with E-state index in [-0.39, 0.29) is 11.0 Å². The Bertz CT molecular complexity index is 731. The minimum Gasteiger partial charge on any atom is -0.318 e. The molecule has 0 unspecified atom stereocenters. The van der Waals surface area contributed by atoms with Crippen molar-refractivity contribution in [1.82, 2.24) is 9.97 Å². The molecule has 0 saturated carbocycles. The first-order valence-electron chi connectivity index (χ1n) is 5.94. The van der Waals surface area contributed by atoms with E-state index in [1.807, 2.05) is 0 Å². The number of hydrogen-bond acceptors (Lipinski definition) is 3. The molecule has 0 aliphatic heterocycles. The zero-order valence-corrected chi connectivity index (χ0v) is 11.7. The van der Waals surface area contributed by atoms with Crippen molar-refractivity contribution in [2.45, 2.75) is 6.18 Å². The highest BCUT2D eigenvalue weighted by molar-refractivity contribution is 6.28. The van der Waals surface area contributed by atoms with Crippen molar-refractivity contribution >= 4 is 28.8 Å². The quantitative estimate of drug-likeness (QED) is 0.875. The topological polar surface area (TPSA) is 54.9 Å². The van der Waals surface area contributed by atoms with E-state index in [0.717, 1.165) is 0 Å². The van der Waals surface area contributed by atoms with Gasteiger partial charge in [-0.05, 0) is 35.4 Å². The zero-order valence-electron chi connectivity index (χ0n) is 11.0. The number of carbonyl (C=O) groups is 1. The number of aromatic nitrogens is 2. The number of nitrogens with one attached hydrogen (secondary N) is 1. The van der Waals surface area contributed by atoms with Gasteiger partial charge in [0.2, 0.25) is 5.28 Å². The van der Waals surface area contributed by atoms with Crippen LogP contribution in [0.5, 0.6) is 0 Å². The fourth-order valence-electron chi connectivity index (χ4n) is 1.64. The molecule has 1 heterocycles. The molecule has 0 aliphatic carbocycles. The van der Waals surface area contributed by atoms with E-state index in [9.17, 15) is 18.0 Å². The van der Waals surface area contributed by atoms with Crippen LogP contribution in [0.4, 0.5) is 18.9 Å². The third kappa shape index (κ3) is 3.82. The number of carbonyl (C=O) groups excluding carboxylic acids is 1. The number of amides is 1. The van der Waals surface area contributed by atoms with Gasteiger partial charge in [-0.2, -0.15) is 13.2 Å². The maximum atomic E-state index is 12.2. The van der Waals surface area contributed by atoms with E-state index < -0.39 is 12.1 Å². The SMILES string of the molecule is C=C(c1cccc(NC(=O)C(F)(F)F)c1)c1ccnc(Cl)n1. The Hall–Kier alpha value is -2.41. The summed E-state index contributed by atoms with van der Waals surface area (Å²) in [7, 11) is 0. The van der Waals surface area contributed by atoms with Crippen LogP contribution in [-0.2, 0) is 4.79 Å². The number of benzene rings is 1. The monoisotopic (exact) mass is 327 g/mol. The number of nitrogens with zero attached hydrogens (tertiary/aromatic N) is 2. The van der Waals surface area contributed by atoms with Gasteiger partial charge in [-0.15, -0.1) is 0 Å². The van der Waals surface area contributed by atoms with Gasteiger partial charge in [0.1, 0.15) is 0 Å². The predicted octanol–water partition coefficient (Wildman–Crippen LogP) is 3.69. The van der Waals surface area contributed by atoms with E-state index in [4.69, 9.17) is 11.6 Å². The summed E-state index contributed by atoms with van der Waals surface area (Å²) in [5.41, 5.74) is 1.36. The highest BCUT2D eigenvalue weighted by Gasteiger charge is 2.38. The minimum atomic E-state index is -4.95. The Morgan fingerprint density at radius 2 is 2.00 bits per heavy atom. The molecule has 0 bridgehead atoms. The van der Waals surface area contributed by atoms with Crippen LogP contribution in [0.2, 0.25) is 5.28 Å². The number of rotatable bonds is 3. The first kappa shape index (κ1) is 16.0. The third-order valence-electron chi connectivity index (χ3n) is 2.66. The van der Waals surface area contributed by atoms with Crippen LogP contribution in [0.15, 0.2) is 43.1 Å². The molecule has 2 aromatic rings. The molecule has 2 rings (SSSR count). The van der Waals surface area contributed by atoms with Crippen LogP contribution in [-0.4, -0.2) is 22.1 Å². The fraction of sp³-hybridized carbons (Fsp3) is 0.0714. The summed E-state index contributed by atoms with van der Waals surface area (Å²) in [5.74, 6) is -2.04. The number of halogens is 4. The molecule has 0 saturated heterocycles. The summed E-state index contributed by atoms with van der Waals surface area (Å²) in [6, 6.07) is 7.39. The highest BCUT2D eigenvalue weighted by Crippen LogP contribution is 2.24. The van der Waals surface area contributed by atoms with Crippen LogP contribution >= 0.6 is 11.6 Å². The molecule has 1 amide bonds. The van der Waals surface area contributed by atoms with Gasteiger partial charge in [-0.1, -0.05) is 18.7 Å². The maximum absolute atomic E-state index is 12.2. The summed E-state index contributed by atoms with van der Waals surface area (Å²) >= 11 is 5.68. The Balaban J connectivity index is 2.25. The first-order valence-corrected chi connectivity index (χ1v) is 6.31. The number of hydrogen-bond donors (Lipinski definition) is 1. The molecule has 1 aromatic carbocycles. The van der Waals surface area contributed by atoms with E-state index >= 15 is 0 Å². The molecule has 0 spiro atoms. The first-order chi connectivity index (χ1) is 10.3. The Morgan fingerprint density at radius 1 is 1.27 bits per heavy atom. The Kier molecular flexibility index (Phi) is 4.46. The van der Waals surface area contributed by atoms with Crippen LogP contribution in [0.1, 0.15) is 11.3 Å². The molecule has 1 N–H and O–H groups in total. The van der Waals surface area contributed by atoms with E-state index in [2.05, 4.69) is 16.5 Å². The minimum absolute atomic E-state index is 0.00104. The smallest absolute Gasteiger partial charge is 0.318 e. The molecule has 22 heavy (non-hydrogen) atoms. The van der Waals surface area contributed by atoms with Gasteiger partial charge >= 0.3 is 12.1 Å². The molecule has 8 heteroatoms. The van der Waals surface area contributed by atoms with Crippen LogP contribution in [0.3, 0.4) is 0 Å². The van der Waals surface area contributed by atoms with E-state index in [1.165, 1.54) is 24.4 Å². The number of alkyl halides is 3. The van der Waals surface area contributed by atoms with Gasteiger partial charge in [0, 0.05) is 17.5 Å². The second-order valence-corrected chi connectivity index (χ2v) is 4.56.